The van der Waals surface area contributed by atoms with Gasteiger partial charge >= 0.3 is 5.97 Å². The minimum atomic E-state index is -0.899. The smallest absolute Gasteiger partial charge is 0.325 e. The molecule has 1 amide bonds. The molecule has 0 bridgehead atoms. The summed E-state index contributed by atoms with van der Waals surface area (Å²) < 4.78 is 5.98. The SMILES string of the molecule is O=C(O)C(c1ccccc1OC1CC1)N1CC(C(=O)N2CCC(Cc3ccc4c(n3)NCCC4)CC2)C1. The molecule has 2 saturated heterocycles. The minimum absolute atomic E-state index is 0.136. The predicted octanol–water partition coefficient (Wildman–Crippen LogP) is 3.52. The van der Waals surface area contributed by atoms with Crippen molar-refractivity contribution in [2.75, 3.05) is 38.0 Å². The van der Waals surface area contributed by atoms with Crippen LogP contribution in [0.1, 0.15) is 55.0 Å². The van der Waals surface area contributed by atoms with E-state index >= 15 is 0 Å². The summed E-state index contributed by atoms with van der Waals surface area (Å²) in [7, 11) is 0. The Bertz CT molecular complexity index is 1150. The molecular weight excluding hydrogens is 468 g/mol. The summed E-state index contributed by atoms with van der Waals surface area (Å²) in [6.45, 7) is 3.48. The zero-order valence-electron chi connectivity index (χ0n) is 21.3. The normalized spacial score (nSPS) is 21.5. The average Bonchev–Trinajstić information content (AvgIpc) is 3.70. The van der Waals surface area contributed by atoms with E-state index in [9.17, 15) is 14.7 Å². The van der Waals surface area contributed by atoms with Gasteiger partial charge in [-0.25, -0.2) is 4.98 Å². The molecule has 0 spiro atoms. The number of aryl methyl sites for hydroxylation is 1. The Morgan fingerprint density at radius 3 is 2.62 bits per heavy atom. The number of piperidine rings is 1. The number of nitrogens with zero attached hydrogens (tertiary/aromatic N) is 3. The van der Waals surface area contributed by atoms with E-state index in [0.717, 1.165) is 69.7 Å². The van der Waals surface area contributed by atoms with E-state index in [1.807, 2.05) is 34.1 Å². The summed E-state index contributed by atoms with van der Waals surface area (Å²) in [4.78, 5) is 34.2. The number of amides is 1. The number of carbonyl (C=O) groups is 2. The quantitative estimate of drug-likeness (QED) is 0.568. The number of pyridine rings is 1. The second-order valence-electron chi connectivity index (χ2n) is 11.1. The van der Waals surface area contributed by atoms with Gasteiger partial charge in [-0.15, -0.1) is 0 Å². The highest BCUT2D eigenvalue weighted by Gasteiger charge is 2.43. The van der Waals surface area contributed by atoms with Gasteiger partial charge in [0.1, 0.15) is 17.6 Å². The molecule has 1 aromatic carbocycles. The Labute approximate surface area is 218 Å². The number of benzene rings is 1. The molecule has 196 valence electrons. The minimum Gasteiger partial charge on any atom is -0.490 e. The molecule has 4 aliphatic rings. The predicted molar refractivity (Wildman–Crippen MR) is 140 cm³/mol. The highest BCUT2D eigenvalue weighted by Crippen LogP contribution is 2.37. The molecule has 0 radical (unpaired) electrons. The maximum absolute atomic E-state index is 13.2. The number of nitrogens with one attached hydrogen (secondary N) is 1. The highest BCUT2D eigenvalue weighted by atomic mass is 16.5. The van der Waals surface area contributed by atoms with Gasteiger partial charge in [0.2, 0.25) is 5.91 Å². The molecule has 37 heavy (non-hydrogen) atoms. The number of likely N-dealkylation sites (tertiary alicyclic amines) is 2. The first-order valence-corrected chi connectivity index (χ1v) is 13.8. The number of carboxylic acid groups (broad SMARTS) is 1. The lowest BCUT2D eigenvalue weighted by Crippen LogP contribution is -2.57. The number of fused-ring (bicyclic) bond motifs is 1. The van der Waals surface area contributed by atoms with Crippen LogP contribution in [0.5, 0.6) is 5.75 Å². The van der Waals surface area contributed by atoms with Crippen LogP contribution in [0.15, 0.2) is 36.4 Å². The lowest BCUT2D eigenvalue weighted by Gasteiger charge is -2.44. The highest BCUT2D eigenvalue weighted by molar-refractivity contribution is 5.82. The number of aromatic nitrogens is 1. The Kier molecular flexibility index (Phi) is 6.76. The molecular formula is C29H36N4O4. The molecule has 1 aliphatic carbocycles. The first kappa shape index (κ1) is 24.2. The fraction of sp³-hybridized carbons (Fsp3) is 0.552. The van der Waals surface area contributed by atoms with Crippen molar-refractivity contribution in [3.63, 3.8) is 0 Å². The number of hydrogen-bond acceptors (Lipinski definition) is 6. The number of carboxylic acids is 1. The van der Waals surface area contributed by atoms with Gasteiger partial charge in [-0.2, -0.15) is 0 Å². The summed E-state index contributed by atoms with van der Waals surface area (Å²) in [6, 6.07) is 11.0. The van der Waals surface area contributed by atoms with Gasteiger partial charge in [-0.05, 0) is 68.6 Å². The van der Waals surface area contributed by atoms with Gasteiger partial charge in [0.05, 0.1) is 12.0 Å². The van der Waals surface area contributed by atoms with Crippen LogP contribution in [-0.4, -0.2) is 70.6 Å². The number of carbonyl (C=O) groups excluding carboxylic acids is 1. The number of ether oxygens (including phenoxy) is 1. The maximum Gasteiger partial charge on any atom is 0.325 e. The molecule has 2 aromatic rings. The Balaban J connectivity index is 1.01. The first-order chi connectivity index (χ1) is 18.0. The Hall–Kier alpha value is -3.13. The maximum atomic E-state index is 13.2. The zero-order valence-corrected chi connectivity index (χ0v) is 21.3. The van der Waals surface area contributed by atoms with Gasteiger partial charge < -0.3 is 20.1 Å². The average molecular weight is 505 g/mol. The summed E-state index contributed by atoms with van der Waals surface area (Å²) >= 11 is 0. The number of anilines is 1. The lowest BCUT2D eigenvalue weighted by atomic mass is 9.89. The van der Waals surface area contributed by atoms with Crippen LogP contribution in [0.25, 0.3) is 0 Å². The molecule has 8 heteroatoms. The molecule has 8 nitrogen and oxygen atoms in total. The van der Waals surface area contributed by atoms with Gasteiger partial charge in [0, 0.05) is 44.0 Å². The topological polar surface area (TPSA) is 95.0 Å². The second-order valence-corrected chi connectivity index (χ2v) is 11.1. The number of para-hydroxylation sites is 1. The van der Waals surface area contributed by atoms with Gasteiger partial charge in [0.15, 0.2) is 0 Å². The molecule has 3 fully saturated rings. The zero-order chi connectivity index (χ0) is 25.4. The van der Waals surface area contributed by atoms with E-state index in [0.29, 0.717) is 30.3 Å². The largest absolute Gasteiger partial charge is 0.490 e. The number of aliphatic carboxylic acids is 1. The van der Waals surface area contributed by atoms with Crippen molar-refractivity contribution in [1.29, 1.82) is 0 Å². The van der Waals surface area contributed by atoms with Crippen molar-refractivity contribution < 1.29 is 19.4 Å². The third kappa shape index (κ3) is 5.30. The van der Waals surface area contributed by atoms with E-state index < -0.39 is 12.0 Å². The molecule has 2 N–H and O–H groups in total. The fourth-order valence-electron chi connectivity index (χ4n) is 5.94. The van der Waals surface area contributed by atoms with Crippen molar-refractivity contribution in [2.45, 2.75) is 57.1 Å². The molecule has 4 heterocycles. The number of rotatable bonds is 8. The molecule has 1 saturated carbocycles. The van der Waals surface area contributed by atoms with Crippen molar-refractivity contribution in [1.82, 2.24) is 14.8 Å². The van der Waals surface area contributed by atoms with Crippen LogP contribution in [0.4, 0.5) is 5.82 Å². The lowest BCUT2D eigenvalue weighted by molar-refractivity contribution is -0.153. The van der Waals surface area contributed by atoms with E-state index in [2.05, 4.69) is 17.4 Å². The van der Waals surface area contributed by atoms with Crippen molar-refractivity contribution >= 4 is 17.7 Å². The van der Waals surface area contributed by atoms with Crippen molar-refractivity contribution in [2.24, 2.45) is 11.8 Å². The van der Waals surface area contributed by atoms with Crippen LogP contribution in [-0.2, 0) is 22.4 Å². The van der Waals surface area contributed by atoms with Crippen LogP contribution in [0.2, 0.25) is 0 Å². The molecule has 1 aromatic heterocycles. The van der Waals surface area contributed by atoms with Crippen LogP contribution < -0.4 is 10.1 Å². The van der Waals surface area contributed by atoms with E-state index in [1.165, 1.54) is 12.0 Å². The van der Waals surface area contributed by atoms with Crippen LogP contribution in [0, 0.1) is 11.8 Å². The third-order valence-electron chi connectivity index (χ3n) is 8.27. The molecule has 3 aliphatic heterocycles. The second kappa shape index (κ2) is 10.3. The summed E-state index contributed by atoms with van der Waals surface area (Å²) in [5.74, 6) is 1.37. The number of hydrogen-bond donors (Lipinski definition) is 2. The monoisotopic (exact) mass is 504 g/mol. The summed E-state index contributed by atoms with van der Waals surface area (Å²) in [5, 5.41) is 13.4. The van der Waals surface area contributed by atoms with Crippen LogP contribution >= 0.6 is 0 Å². The van der Waals surface area contributed by atoms with E-state index in [4.69, 9.17) is 9.72 Å². The standard InChI is InChI=1S/C29H36N4O4/c34-28(32-14-11-19(12-15-32)16-22-8-7-20-4-3-13-30-27(20)31-22)21-17-33(18-21)26(29(35)36)24-5-1-2-6-25(24)37-23-9-10-23/h1-2,5-8,19,21,23,26H,3-4,9-18H2,(H,30,31)(H,35,36). The van der Waals surface area contributed by atoms with Crippen LogP contribution in [0.3, 0.4) is 0 Å². The fourth-order valence-corrected chi connectivity index (χ4v) is 5.94. The van der Waals surface area contributed by atoms with E-state index in [1.54, 1.807) is 0 Å². The molecule has 1 atom stereocenters. The summed E-state index contributed by atoms with van der Waals surface area (Å²) in [5.41, 5.74) is 3.13. The Morgan fingerprint density at radius 2 is 1.86 bits per heavy atom. The van der Waals surface area contributed by atoms with Crippen molar-refractivity contribution in [3.05, 3.63) is 53.2 Å². The molecule has 6 rings (SSSR count). The molecule has 1 unspecified atom stereocenters. The summed E-state index contributed by atoms with van der Waals surface area (Å²) in [6.07, 6.45) is 7.42. The third-order valence-corrected chi connectivity index (χ3v) is 8.27. The van der Waals surface area contributed by atoms with Gasteiger partial charge in [0.25, 0.3) is 0 Å². The van der Waals surface area contributed by atoms with Gasteiger partial charge in [-0.1, -0.05) is 24.3 Å². The van der Waals surface area contributed by atoms with Crippen molar-refractivity contribution in [3.8, 4) is 5.75 Å². The Morgan fingerprint density at radius 1 is 1.08 bits per heavy atom. The first-order valence-electron chi connectivity index (χ1n) is 13.8. The van der Waals surface area contributed by atoms with E-state index in [-0.39, 0.29) is 17.9 Å². The van der Waals surface area contributed by atoms with Gasteiger partial charge in [-0.3, -0.25) is 14.5 Å².